The van der Waals surface area contributed by atoms with Crippen molar-refractivity contribution < 1.29 is 13.6 Å². The van der Waals surface area contributed by atoms with Gasteiger partial charge in [0.15, 0.2) is 5.82 Å². The minimum absolute atomic E-state index is 0.0267. The zero-order valence-corrected chi connectivity index (χ0v) is 16.8. The summed E-state index contributed by atoms with van der Waals surface area (Å²) in [6.45, 7) is 0. The molecule has 1 aromatic heterocycles. The standard InChI is InChI=1S/C20H21F2N5O.CH5N/c21-14-4-6-15(7-5-14)24-9-8-18(23)19-17(22)11-25-20(27-19)26-16-3-1-2-13(10-16)12-28;1-2/h4-9,11-13,16H,1-3,10,23H2,(H,25,26,27);2H2,1H3/b18-8-,24-9?;. The molecule has 0 aliphatic heterocycles. The molecule has 1 heterocycles. The fraction of sp³-hybridized carbons (Fsp3) is 0.333. The maximum absolute atomic E-state index is 14.1. The maximum Gasteiger partial charge on any atom is 0.223 e. The number of aromatic nitrogens is 2. The molecule has 0 radical (unpaired) electrons. The smallest absolute Gasteiger partial charge is 0.223 e. The predicted octanol–water partition coefficient (Wildman–Crippen LogP) is 3.20. The van der Waals surface area contributed by atoms with Crippen molar-refractivity contribution in [3.8, 4) is 0 Å². The van der Waals surface area contributed by atoms with Gasteiger partial charge >= 0.3 is 0 Å². The Morgan fingerprint density at radius 1 is 1.23 bits per heavy atom. The highest BCUT2D eigenvalue weighted by atomic mass is 19.1. The average Bonchev–Trinajstić information content (AvgIpc) is 2.78. The van der Waals surface area contributed by atoms with E-state index in [4.69, 9.17) is 5.73 Å². The van der Waals surface area contributed by atoms with Gasteiger partial charge in [0, 0.05) is 18.2 Å². The van der Waals surface area contributed by atoms with E-state index in [1.165, 1.54) is 43.6 Å². The second-order valence-corrected chi connectivity index (χ2v) is 6.67. The normalized spacial score (nSPS) is 19.1. The van der Waals surface area contributed by atoms with Crippen LogP contribution < -0.4 is 16.8 Å². The fourth-order valence-electron chi connectivity index (χ4n) is 3.11. The Bertz CT molecular complexity index is 886. The van der Waals surface area contributed by atoms with Gasteiger partial charge in [0.1, 0.15) is 17.8 Å². The van der Waals surface area contributed by atoms with E-state index >= 15 is 0 Å². The monoisotopic (exact) mass is 416 g/mol. The highest BCUT2D eigenvalue weighted by Gasteiger charge is 2.22. The van der Waals surface area contributed by atoms with E-state index in [1.54, 1.807) is 0 Å². The summed E-state index contributed by atoms with van der Waals surface area (Å²) < 4.78 is 27.0. The average molecular weight is 416 g/mol. The molecular formula is C21H26F2N6O. The van der Waals surface area contributed by atoms with Crippen molar-refractivity contribution in [3.05, 3.63) is 53.9 Å². The Balaban J connectivity index is 0.00000155. The number of hydrogen-bond acceptors (Lipinski definition) is 7. The van der Waals surface area contributed by atoms with Gasteiger partial charge in [-0.2, -0.15) is 0 Å². The first kappa shape index (κ1) is 23.1. The Morgan fingerprint density at radius 2 is 1.97 bits per heavy atom. The third-order valence-electron chi connectivity index (χ3n) is 4.56. The van der Waals surface area contributed by atoms with Crippen LogP contribution in [0.25, 0.3) is 5.70 Å². The van der Waals surface area contributed by atoms with Crippen molar-refractivity contribution in [2.45, 2.75) is 31.7 Å². The van der Waals surface area contributed by atoms with Gasteiger partial charge in [0.2, 0.25) is 5.95 Å². The number of carbonyl (C=O) groups is 1. The van der Waals surface area contributed by atoms with Crippen LogP contribution in [0.2, 0.25) is 0 Å². The van der Waals surface area contributed by atoms with Gasteiger partial charge in [0.05, 0.1) is 17.6 Å². The molecule has 9 heteroatoms. The van der Waals surface area contributed by atoms with Gasteiger partial charge in [-0.25, -0.2) is 18.7 Å². The van der Waals surface area contributed by atoms with E-state index in [-0.39, 0.29) is 35.1 Å². The maximum atomic E-state index is 14.1. The van der Waals surface area contributed by atoms with E-state index < -0.39 is 5.82 Å². The minimum Gasteiger partial charge on any atom is -0.397 e. The number of nitrogens with two attached hydrogens (primary N) is 2. The predicted molar refractivity (Wildman–Crippen MR) is 114 cm³/mol. The summed E-state index contributed by atoms with van der Waals surface area (Å²) in [5, 5.41) is 3.16. The summed E-state index contributed by atoms with van der Waals surface area (Å²) in [5.41, 5.74) is 11.0. The lowest BCUT2D eigenvalue weighted by Gasteiger charge is -2.26. The molecule has 1 aliphatic rings. The first-order valence-corrected chi connectivity index (χ1v) is 9.63. The molecule has 30 heavy (non-hydrogen) atoms. The number of hydrogen-bond donors (Lipinski definition) is 3. The van der Waals surface area contributed by atoms with E-state index in [0.717, 1.165) is 31.7 Å². The Hall–Kier alpha value is -3.20. The molecule has 160 valence electrons. The first-order chi connectivity index (χ1) is 14.5. The SMILES string of the molecule is CN.N/C(=C\C=Nc1ccc(F)cc1)c1nc(NC2CCCC(C=O)C2)ncc1F. The van der Waals surface area contributed by atoms with Gasteiger partial charge in [0.25, 0.3) is 0 Å². The van der Waals surface area contributed by atoms with Crippen LogP contribution in [-0.2, 0) is 4.79 Å². The Morgan fingerprint density at radius 3 is 2.67 bits per heavy atom. The van der Waals surface area contributed by atoms with Gasteiger partial charge in [-0.05, 0) is 56.7 Å². The van der Waals surface area contributed by atoms with Crippen LogP contribution in [0.4, 0.5) is 20.4 Å². The van der Waals surface area contributed by atoms with Crippen LogP contribution in [0.1, 0.15) is 31.4 Å². The topological polar surface area (TPSA) is 119 Å². The van der Waals surface area contributed by atoms with Crippen LogP contribution in [0.3, 0.4) is 0 Å². The van der Waals surface area contributed by atoms with Crippen LogP contribution >= 0.6 is 0 Å². The van der Waals surface area contributed by atoms with E-state index in [0.29, 0.717) is 12.1 Å². The van der Waals surface area contributed by atoms with Crippen molar-refractivity contribution >= 4 is 29.8 Å². The summed E-state index contributed by atoms with van der Waals surface area (Å²) >= 11 is 0. The lowest BCUT2D eigenvalue weighted by atomic mass is 9.87. The molecule has 1 saturated carbocycles. The number of rotatable bonds is 6. The van der Waals surface area contributed by atoms with Crippen LogP contribution in [0.5, 0.6) is 0 Å². The second-order valence-electron chi connectivity index (χ2n) is 6.67. The molecule has 0 bridgehead atoms. The first-order valence-electron chi connectivity index (χ1n) is 9.63. The van der Waals surface area contributed by atoms with Crippen molar-refractivity contribution in [3.63, 3.8) is 0 Å². The number of halogens is 2. The summed E-state index contributed by atoms with van der Waals surface area (Å²) in [4.78, 5) is 23.2. The van der Waals surface area contributed by atoms with E-state index in [1.807, 2.05) is 0 Å². The molecule has 0 spiro atoms. The molecule has 2 unspecified atom stereocenters. The Kier molecular flexibility index (Phi) is 9.02. The number of benzene rings is 1. The molecular weight excluding hydrogens is 390 g/mol. The molecule has 0 amide bonds. The van der Waals surface area contributed by atoms with Gasteiger partial charge < -0.3 is 21.6 Å². The van der Waals surface area contributed by atoms with Gasteiger partial charge in [-0.1, -0.05) is 6.42 Å². The number of anilines is 1. The zero-order chi connectivity index (χ0) is 21.9. The van der Waals surface area contributed by atoms with Crippen molar-refractivity contribution in [2.24, 2.45) is 22.4 Å². The summed E-state index contributed by atoms with van der Waals surface area (Å²) in [6, 6.07) is 5.68. The number of nitrogens with zero attached hydrogens (tertiary/aromatic N) is 3. The third-order valence-corrected chi connectivity index (χ3v) is 4.56. The molecule has 2 aromatic rings. The lowest BCUT2D eigenvalue weighted by molar-refractivity contribution is -0.111. The highest BCUT2D eigenvalue weighted by molar-refractivity contribution is 5.84. The largest absolute Gasteiger partial charge is 0.397 e. The van der Waals surface area contributed by atoms with Gasteiger partial charge in [-0.3, -0.25) is 4.99 Å². The molecule has 1 fully saturated rings. The number of carbonyl (C=O) groups excluding carboxylic acids is 1. The summed E-state index contributed by atoms with van der Waals surface area (Å²) in [6.07, 6.45) is 8.28. The number of nitrogens with one attached hydrogen (secondary N) is 1. The lowest BCUT2D eigenvalue weighted by Crippen LogP contribution is -2.29. The van der Waals surface area contributed by atoms with Gasteiger partial charge in [-0.15, -0.1) is 0 Å². The van der Waals surface area contributed by atoms with Crippen LogP contribution in [0, 0.1) is 17.6 Å². The number of aliphatic imine (C=N–C) groups is 1. The van der Waals surface area contributed by atoms with Crippen molar-refractivity contribution in [1.82, 2.24) is 9.97 Å². The minimum atomic E-state index is -0.649. The molecule has 2 atom stereocenters. The summed E-state index contributed by atoms with van der Waals surface area (Å²) in [5.74, 6) is -0.711. The van der Waals surface area contributed by atoms with Crippen LogP contribution in [-0.4, -0.2) is 35.6 Å². The van der Waals surface area contributed by atoms with Crippen molar-refractivity contribution in [2.75, 3.05) is 12.4 Å². The zero-order valence-electron chi connectivity index (χ0n) is 16.8. The molecule has 1 aromatic carbocycles. The third kappa shape index (κ3) is 6.70. The number of allylic oxidation sites excluding steroid dienone is 1. The number of aldehydes is 1. The second kappa shape index (κ2) is 11.7. The van der Waals surface area contributed by atoms with Crippen LogP contribution in [0.15, 0.2) is 41.5 Å². The molecule has 5 N–H and O–H groups in total. The van der Waals surface area contributed by atoms with E-state index in [2.05, 4.69) is 26.0 Å². The van der Waals surface area contributed by atoms with Crippen molar-refractivity contribution in [1.29, 1.82) is 0 Å². The highest BCUT2D eigenvalue weighted by Crippen LogP contribution is 2.25. The molecule has 0 saturated heterocycles. The molecule has 3 rings (SSSR count). The quantitative estimate of drug-likeness (QED) is 0.491. The van der Waals surface area contributed by atoms with E-state index in [9.17, 15) is 13.6 Å². The fourth-order valence-corrected chi connectivity index (χ4v) is 3.11. The molecule has 1 aliphatic carbocycles. The Labute approximate surface area is 174 Å². The molecule has 7 nitrogen and oxygen atoms in total. The summed E-state index contributed by atoms with van der Waals surface area (Å²) in [7, 11) is 1.50.